The Balaban J connectivity index is 1.77. The van der Waals surface area contributed by atoms with Crippen molar-refractivity contribution in [3.05, 3.63) is 94.0 Å². The molecule has 0 aliphatic carbocycles. The summed E-state index contributed by atoms with van der Waals surface area (Å²) in [7, 11) is -0.760. The molecule has 8 heteroatoms. The Bertz CT molecular complexity index is 1190. The number of carbonyl (C=O) groups excluding carboxylic acids is 1. The van der Waals surface area contributed by atoms with Crippen LogP contribution in [0.15, 0.2) is 71.6 Å². The molecule has 0 radical (unpaired) electrons. The van der Waals surface area contributed by atoms with E-state index in [1.807, 2.05) is 31.2 Å². The standard InChI is InChI=1S/C24H25ClN2O4S/c1-17-4-6-18(7-5-17)15-26-24(28)19-8-13-23(31-3)20(14-19)16-27(2)32(29,30)22-11-9-21(25)10-12-22/h4-14H,15-16H2,1-3H3,(H,26,28). The molecule has 0 heterocycles. The Hall–Kier alpha value is -2.87. The molecular weight excluding hydrogens is 448 g/mol. The van der Waals surface area contributed by atoms with Gasteiger partial charge in [0.25, 0.3) is 5.91 Å². The van der Waals surface area contributed by atoms with Gasteiger partial charge >= 0.3 is 0 Å². The van der Waals surface area contributed by atoms with Gasteiger partial charge in [-0.3, -0.25) is 4.79 Å². The van der Waals surface area contributed by atoms with E-state index < -0.39 is 10.0 Å². The summed E-state index contributed by atoms with van der Waals surface area (Å²) in [6, 6.07) is 18.9. The number of nitrogens with one attached hydrogen (secondary N) is 1. The summed E-state index contributed by atoms with van der Waals surface area (Å²) in [5, 5.41) is 3.35. The molecule has 1 N–H and O–H groups in total. The SMILES string of the molecule is COc1ccc(C(=O)NCc2ccc(C)cc2)cc1CN(C)S(=O)(=O)c1ccc(Cl)cc1. The minimum absolute atomic E-state index is 0.0349. The van der Waals surface area contributed by atoms with E-state index in [1.165, 1.54) is 42.7 Å². The van der Waals surface area contributed by atoms with E-state index in [-0.39, 0.29) is 17.3 Å². The first-order chi connectivity index (χ1) is 15.2. The van der Waals surface area contributed by atoms with Crippen LogP contribution in [-0.4, -0.2) is 32.8 Å². The number of ether oxygens (including phenoxy) is 1. The lowest BCUT2D eigenvalue weighted by molar-refractivity contribution is 0.0950. The smallest absolute Gasteiger partial charge is 0.251 e. The van der Waals surface area contributed by atoms with Gasteiger partial charge in [-0.25, -0.2) is 8.42 Å². The van der Waals surface area contributed by atoms with Gasteiger partial charge in [-0.05, 0) is 55.0 Å². The number of sulfonamides is 1. The molecule has 0 spiro atoms. The number of methoxy groups -OCH3 is 1. The second-order valence-electron chi connectivity index (χ2n) is 7.41. The van der Waals surface area contributed by atoms with E-state index in [1.54, 1.807) is 18.2 Å². The topological polar surface area (TPSA) is 75.7 Å². The average Bonchev–Trinajstić information content (AvgIpc) is 2.78. The van der Waals surface area contributed by atoms with Gasteiger partial charge in [0, 0.05) is 36.3 Å². The highest BCUT2D eigenvalue weighted by Crippen LogP contribution is 2.25. The highest BCUT2D eigenvalue weighted by Gasteiger charge is 2.22. The van der Waals surface area contributed by atoms with E-state index in [0.717, 1.165) is 11.1 Å². The maximum absolute atomic E-state index is 12.9. The van der Waals surface area contributed by atoms with Crippen LogP contribution in [0.25, 0.3) is 0 Å². The molecule has 0 aliphatic heterocycles. The molecule has 0 fully saturated rings. The van der Waals surface area contributed by atoms with Crippen LogP contribution in [0.1, 0.15) is 27.0 Å². The zero-order chi connectivity index (χ0) is 23.3. The van der Waals surface area contributed by atoms with Gasteiger partial charge in [0.2, 0.25) is 10.0 Å². The highest BCUT2D eigenvalue weighted by atomic mass is 35.5. The molecule has 0 bridgehead atoms. The first-order valence-electron chi connectivity index (χ1n) is 9.93. The zero-order valence-corrected chi connectivity index (χ0v) is 19.7. The van der Waals surface area contributed by atoms with Crippen molar-refractivity contribution in [1.29, 1.82) is 0 Å². The van der Waals surface area contributed by atoms with Crippen molar-refractivity contribution in [1.82, 2.24) is 9.62 Å². The van der Waals surface area contributed by atoms with Crippen LogP contribution in [0.3, 0.4) is 0 Å². The van der Waals surface area contributed by atoms with Crippen LogP contribution < -0.4 is 10.1 Å². The molecule has 1 amide bonds. The van der Waals surface area contributed by atoms with Crippen LogP contribution in [-0.2, 0) is 23.1 Å². The van der Waals surface area contributed by atoms with Gasteiger partial charge in [-0.1, -0.05) is 41.4 Å². The summed E-state index contributed by atoms with van der Waals surface area (Å²) in [4.78, 5) is 12.8. The Kier molecular flexibility index (Phi) is 7.56. The predicted molar refractivity (Wildman–Crippen MR) is 125 cm³/mol. The molecule has 3 aromatic rings. The Morgan fingerprint density at radius 3 is 2.31 bits per heavy atom. The van der Waals surface area contributed by atoms with Gasteiger partial charge in [0.05, 0.1) is 12.0 Å². The Morgan fingerprint density at radius 1 is 1.03 bits per heavy atom. The molecule has 168 valence electrons. The van der Waals surface area contributed by atoms with E-state index in [4.69, 9.17) is 16.3 Å². The number of nitrogens with zero attached hydrogens (tertiary/aromatic N) is 1. The maximum Gasteiger partial charge on any atom is 0.251 e. The van der Waals surface area contributed by atoms with Crippen molar-refractivity contribution in [3.8, 4) is 5.75 Å². The van der Waals surface area contributed by atoms with Gasteiger partial charge in [0.1, 0.15) is 5.75 Å². The zero-order valence-electron chi connectivity index (χ0n) is 18.1. The van der Waals surface area contributed by atoms with E-state index in [0.29, 0.717) is 28.4 Å². The van der Waals surface area contributed by atoms with Gasteiger partial charge in [-0.2, -0.15) is 4.31 Å². The molecule has 6 nitrogen and oxygen atoms in total. The second kappa shape index (κ2) is 10.2. The van der Waals surface area contributed by atoms with Gasteiger partial charge in [-0.15, -0.1) is 0 Å². The van der Waals surface area contributed by atoms with Crippen LogP contribution in [0, 0.1) is 6.92 Å². The Morgan fingerprint density at radius 2 is 1.69 bits per heavy atom. The van der Waals surface area contributed by atoms with Crippen LogP contribution in [0.5, 0.6) is 5.75 Å². The van der Waals surface area contributed by atoms with Crippen molar-refractivity contribution in [3.63, 3.8) is 0 Å². The molecule has 0 unspecified atom stereocenters. The molecule has 0 saturated heterocycles. The minimum Gasteiger partial charge on any atom is -0.496 e. The van der Waals surface area contributed by atoms with Gasteiger partial charge < -0.3 is 10.1 Å². The number of aryl methyl sites for hydroxylation is 1. The fraction of sp³-hybridized carbons (Fsp3) is 0.208. The second-order valence-corrected chi connectivity index (χ2v) is 9.89. The van der Waals surface area contributed by atoms with Crippen LogP contribution in [0.4, 0.5) is 0 Å². The third kappa shape index (κ3) is 5.68. The number of halogens is 1. The summed E-state index contributed by atoms with van der Waals surface area (Å²) in [5.41, 5.74) is 3.14. The fourth-order valence-corrected chi connectivity index (χ4v) is 4.42. The lowest BCUT2D eigenvalue weighted by Crippen LogP contribution is -2.27. The third-order valence-corrected chi connectivity index (χ3v) is 7.10. The van der Waals surface area contributed by atoms with Crippen LogP contribution in [0.2, 0.25) is 5.02 Å². The van der Waals surface area contributed by atoms with Crippen LogP contribution >= 0.6 is 11.6 Å². The highest BCUT2D eigenvalue weighted by molar-refractivity contribution is 7.89. The largest absolute Gasteiger partial charge is 0.496 e. The molecule has 0 aromatic heterocycles. The molecule has 32 heavy (non-hydrogen) atoms. The quantitative estimate of drug-likeness (QED) is 0.527. The van der Waals surface area contributed by atoms with E-state index in [2.05, 4.69) is 5.32 Å². The van der Waals surface area contributed by atoms with E-state index in [9.17, 15) is 13.2 Å². The number of rotatable bonds is 8. The van der Waals surface area contributed by atoms with Crippen molar-refractivity contribution < 1.29 is 17.9 Å². The summed E-state index contributed by atoms with van der Waals surface area (Å²) in [5.74, 6) is 0.246. The fourth-order valence-electron chi connectivity index (χ4n) is 3.15. The molecule has 0 atom stereocenters. The number of amides is 1. The summed E-state index contributed by atoms with van der Waals surface area (Å²) >= 11 is 5.87. The summed E-state index contributed by atoms with van der Waals surface area (Å²) in [6.45, 7) is 2.43. The van der Waals surface area contributed by atoms with E-state index >= 15 is 0 Å². The normalized spacial score (nSPS) is 11.4. The van der Waals surface area contributed by atoms with Crippen molar-refractivity contribution in [2.45, 2.75) is 24.9 Å². The molecule has 0 saturated carbocycles. The lowest BCUT2D eigenvalue weighted by atomic mass is 10.1. The lowest BCUT2D eigenvalue weighted by Gasteiger charge is -2.19. The number of hydrogen-bond donors (Lipinski definition) is 1. The third-order valence-electron chi connectivity index (χ3n) is 5.03. The number of hydrogen-bond acceptors (Lipinski definition) is 4. The number of benzene rings is 3. The van der Waals surface area contributed by atoms with Gasteiger partial charge in [0.15, 0.2) is 0 Å². The van der Waals surface area contributed by atoms with Crippen molar-refractivity contribution in [2.75, 3.05) is 14.2 Å². The molecule has 3 aromatic carbocycles. The maximum atomic E-state index is 12.9. The first-order valence-corrected chi connectivity index (χ1v) is 11.7. The van der Waals surface area contributed by atoms with Crippen molar-refractivity contribution in [2.24, 2.45) is 0 Å². The monoisotopic (exact) mass is 472 g/mol. The average molecular weight is 473 g/mol. The molecular formula is C24H25ClN2O4S. The Labute approximate surface area is 193 Å². The predicted octanol–water partition coefficient (Wildman–Crippen LogP) is 4.41. The summed E-state index contributed by atoms with van der Waals surface area (Å²) < 4.78 is 32.4. The molecule has 0 aliphatic rings. The molecule has 3 rings (SSSR count). The van der Waals surface area contributed by atoms with Crippen molar-refractivity contribution >= 4 is 27.5 Å². The first kappa shape index (κ1) is 23.8. The minimum atomic E-state index is -3.74. The number of carbonyl (C=O) groups is 1. The summed E-state index contributed by atoms with van der Waals surface area (Å²) in [6.07, 6.45) is 0.